The fraction of sp³-hybridized carbons (Fsp3) is 0.649. The van der Waals surface area contributed by atoms with Gasteiger partial charge in [-0.25, -0.2) is 14.4 Å². The maximum atomic E-state index is 13.0. The molecule has 2 atom stereocenters. The fourth-order valence-corrected chi connectivity index (χ4v) is 6.24. The Bertz CT molecular complexity index is 1440. The molecule has 0 bridgehead atoms. The van der Waals surface area contributed by atoms with Crippen LogP contribution in [0.3, 0.4) is 0 Å². The number of carbonyl (C=O) groups is 3. The minimum absolute atomic E-state index is 0.0929. The number of ether oxygens (including phenoxy) is 4. The van der Waals surface area contributed by atoms with Crippen LogP contribution in [0.1, 0.15) is 105 Å². The summed E-state index contributed by atoms with van der Waals surface area (Å²) >= 11 is 1.47. The van der Waals surface area contributed by atoms with E-state index in [2.05, 4.69) is 4.98 Å². The van der Waals surface area contributed by atoms with Crippen LogP contribution in [0.5, 0.6) is 0 Å². The van der Waals surface area contributed by atoms with Gasteiger partial charge in [-0.2, -0.15) is 4.98 Å². The van der Waals surface area contributed by atoms with Crippen molar-refractivity contribution in [2.45, 2.75) is 122 Å². The van der Waals surface area contributed by atoms with Crippen LogP contribution in [0, 0.1) is 0 Å². The summed E-state index contributed by atoms with van der Waals surface area (Å²) in [5.41, 5.74) is 4.57. The van der Waals surface area contributed by atoms with Gasteiger partial charge in [-0.15, -0.1) is 11.8 Å². The van der Waals surface area contributed by atoms with Crippen LogP contribution in [-0.4, -0.2) is 86.1 Å². The van der Waals surface area contributed by atoms with Gasteiger partial charge in [0, 0.05) is 44.5 Å². The van der Waals surface area contributed by atoms with E-state index in [9.17, 15) is 19.2 Å². The zero-order chi connectivity index (χ0) is 37.4. The molecule has 2 N–H and O–H groups in total. The molecular weight excluding hydrogens is 675 g/mol. The Morgan fingerprint density at radius 3 is 2.02 bits per heavy atom. The molecule has 0 radical (unpaired) electrons. The van der Waals surface area contributed by atoms with Gasteiger partial charge < -0.3 is 34.5 Å². The van der Waals surface area contributed by atoms with Crippen LogP contribution in [0.25, 0.3) is 0 Å². The summed E-state index contributed by atoms with van der Waals surface area (Å²) in [4.78, 5) is 57.6. The quantitative estimate of drug-likeness (QED) is 0.0983. The molecule has 1 aromatic carbocycles. The number of unbranched alkanes of at least 4 members (excludes halogenated alkanes) is 5. The van der Waals surface area contributed by atoms with Gasteiger partial charge in [0.25, 0.3) is 0 Å². The molecule has 14 heteroatoms. The summed E-state index contributed by atoms with van der Waals surface area (Å²) in [5, 5.41) is 0. The smallest absolute Gasteiger partial charge is 0.410 e. The molecule has 0 unspecified atom stereocenters. The van der Waals surface area contributed by atoms with E-state index in [4.69, 9.17) is 24.7 Å². The van der Waals surface area contributed by atoms with Crippen LogP contribution in [-0.2, 0) is 30.3 Å². The standard InChI is InChI=1S/C37H57N5O8S/c1-36(2,3)49-34(45)40(21-14-7-8-15-23-41(35(46)50-37(4,5)6)25-28-17-11-9-12-18-28)22-16-10-13-19-31(43)47-26-32-48-30(27-51-32)42-24-20-29(38)39-33(42)44/h9,11-12,17-18,20,24,30,32H,7-8,10,13-16,19,21-23,25-27H2,1-6H3,(H2,38,39,44)/t30-,32+/m1/s1. The van der Waals surface area contributed by atoms with Gasteiger partial charge in [0.15, 0.2) is 0 Å². The van der Waals surface area contributed by atoms with E-state index in [1.165, 1.54) is 22.4 Å². The van der Waals surface area contributed by atoms with Gasteiger partial charge in [0.1, 0.15) is 35.3 Å². The topological polar surface area (TPSA) is 156 Å². The Labute approximate surface area is 306 Å². The highest BCUT2D eigenvalue weighted by molar-refractivity contribution is 8.00. The van der Waals surface area contributed by atoms with Crippen LogP contribution < -0.4 is 11.4 Å². The second-order valence-corrected chi connectivity index (χ2v) is 15.9. The van der Waals surface area contributed by atoms with Crippen LogP contribution >= 0.6 is 11.8 Å². The average molecular weight is 732 g/mol. The van der Waals surface area contributed by atoms with Gasteiger partial charge in [0.2, 0.25) is 0 Å². The molecule has 1 aliphatic heterocycles. The Balaban J connectivity index is 1.36. The van der Waals surface area contributed by atoms with Crippen LogP contribution in [0.2, 0.25) is 0 Å². The number of rotatable bonds is 18. The number of hydrogen-bond donors (Lipinski definition) is 1. The first-order valence-corrected chi connectivity index (χ1v) is 18.9. The predicted molar refractivity (Wildman–Crippen MR) is 198 cm³/mol. The van der Waals surface area contributed by atoms with E-state index >= 15 is 0 Å². The molecule has 2 aromatic rings. The highest BCUT2D eigenvalue weighted by atomic mass is 32.2. The number of carbonyl (C=O) groups excluding carboxylic acids is 3. The monoisotopic (exact) mass is 731 g/mol. The van der Waals surface area contributed by atoms with Crippen molar-refractivity contribution in [3.05, 3.63) is 58.6 Å². The van der Waals surface area contributed by atoms with E-state index in [0.29, 0.717) is 38.4 Å². The molecular formula is C37H57N5O8S. The molecule has 13 nitrogen and oxygen atoms in total. The lowest BCUT2D eigenvalue weighted by molar-refractivity contribution is -0.147. The van der Waals surface area contributed by atoms with Gasteiger partial charge in [0.05, 0.1) is 0 Å². The summed E-state index contributed by atoms with van der Waals surface area (Å²) in [6.07, 6.45) is 6.19. The number of amides is 2. The van der Waals surface area contributed by atoms with Crippen molar-refractivity contribution in [1.82, 2.24) is 19.4 Å². The van der Waals surface area contributed by atoms with Gasteiger partial charge in [-0.3, -0.25) is 9.36 Å². The highest BCUT2D eigenvalue weighted by Crippen LogP contribution is 2.31. The van der Waals surface area contributed by atoms with Gasteiger partial charge >= 0.3 is 23.8 Å². The summed E-state index contributed by atoms with van der Waals surface area (Å²) in [5.74, 6) is 0.368. The Hall–Kier alpha value is -3.78. The van der Waals surface area contributed by atoms with Crippen molar-refractivity contribution >= 4 is 35.7 Å². The van der Waals surface area contributed by atoms with Crippen molar-refractivity contribution in [2.24, 2.45) is 0 Å². The lowest BCUT2D eigenvalue weighted by Gasteiger charge is -2.28. The zero-order valence-corrected chi connectivity index (χ0v) is 32.0. The number of anilines is 1. The number of nitrogens with zero attached hydrogens (tertiary/aromatic N) is 4. The Morgan fingerprint density at radius 2 is 1.43 bits per heavy atom. The number of hydrogen-bond acceptors (Lipinski definition) is 11. The number of nitrogen functional groups attached to an aromatic ring is 1. The lowest BCUT2D eigenvalue weighted by Crippen LogP contribution is -2.38. The molecule has 0 spiro atoms. The Kier molecular flexibility index (Phi) is 16.6. The molecule has 1 fully saturated rings. The first-order valence-electron chi connectivity index (χ1n) is 17.9. The minimum atomic E-state index is -0.605. The molecule has 2 heterocycles. The third-order valence-electron chi connectivity index (χ3n) is 7.71. The number of aromatic nitrogens is 2. The molecule has 2 amide bonds. The molecule has 51 heavy (non-hydrogen) atoms. The van der Waals surface area contributed by atoms with Crippen molar-refractivity contribution in [1.29, 1.82) is 0 Å². The third-order valence-corrected chi connectivity index (χ3v) is 8.81. The highest BCUT2D eigenvalue weighted by Gasteiger charge is 2.29. The van der Waals surface area contributed by atoms with E-state index in [0.717, 1.165) is 44.1 Å². The number of benzene rings is 1. The maximum Gasteiger partial charge on any atom is 0.410 e. The predicted octanol–water partition coefficient (Wildman–Crippen LogP) is 6.75. The fourth-order valence-electron chi connectivity index (χ4n) is 5.25. The van der Waals surface area contributed by atoms with E-state index in [1.807, 2.05) is 71.9 Å². The molecule has 3 rings (SSSR count). The van der Waals surface area contributed by atoms with Crippen molar-refractivity contribution < 1.29 is 33.3 Å². The molecule has 1 aromatic heterocycles. The SMILES string of the molecule is CC(C)(C)OC(=O)N(CCCCCCN(Cc1ccccc1)C(=O)OC(C)(C)C)CCCCCC(=O)OC[C@H]1O[C@@H](n2ccc(N)nc2=O)CS1. The zero-order valence-electron chi connectivity index (χ0n) is 31.1. The van der Waals surface area contributed by atoms with E-state index in [-0.39, 0.29) is 42.4 Å². The molecule has 1 aliphatic rings. The van der Waals surface area contributed by atoms with Gasteiger partial charge in [-0.05, 0) is 78.9 Å². The van der Waals surface area contributed by atoms with E-state index < -0.39 is 23.1 Å². The summed E-state index contributed by atoms with van der Waals surface area (Å²) in [6, 6.07) is 11.4. The Morgan fingerprint density at radius 1 is 0.863 bits per heavy atom. The van der Waals surface area contributed by atoms with Crippen molar-refractivity contribution in [2.75, 3.05) is 37.7 Å². The summed E-state index contributed by atoms with van der Waals surface area (Å²) < 4.78 is 24.0. The van der Waals surface area contributed by atoms with E-state index in [1.54, 1.807) is 16.0 Å². The largest absolute Gasteiger partial charge is 0.462 e. The molecule has 284 valence electrons. The van der Waals surface area contributed by atoms with Gasteiger partial charge in [-0.1, -0.05) is 49.6 Å². The number of esters is 1. The molecule has 1 saturated heterocycles. The summed E-state index contributed by atoms with van der Waals surface area (Å²) in [7, 11) is 0. The average Bonchev–Trinajstić information content (AvgIpc) is 3.51. The third kappa shape index (κ3) is 16.4. The first-order chi connectivity index (χ1) is 24.1. The summed E-state index contributed by atoms with van der Waals surface area (Å²) in [6.45, 7) is 13.4. The maximum absolute atomic E-state index is 13.0. The minimum Gasteiger partial charge on any atom is -0.462 e. The molecule has 0 aliphatic carbocycles. The molecule has 0 saturated carbocycles. The number of thioether (sulfide) groups is 1. The number of nitrogens with two attached hydrogens (primary N) is 1. The first kappa shape index (κ1) is 41.6. The van der Waals surface area contributed by atoms with Crippen LogP contribution in [0.15, 0.2) is 47.4 Å². The lowest BCUT2D eigenvalue weighted by atomic mass is 10.1. The second-order valence-electron chi connectivity index (χ2n) is 14.7. The second kappa shape index (κ2) is 20.3. The normalized spacial score (nSPS) is 16.0. The van der Waals surface area contributed by atoms with Crippen LogP contribution in [0.4, 0.5) is 15.4 Å². The van der Waals surface area contributed by atoms with Crippen molar-refractivity contribution in [3.63, 3.8) is 0 Å². The van der Waals surface area contributed by atoms with Crippen molar-refractivity contribution in [3.8, 4) is 0 Å².